The summed E-state index contributed by atoms with van der Waals surface area (Å²) in [4.78, 5) is 13.6. The summed E-state index contributed by atoms with van der Waals surface area (Å²) >= 11 is 5.86. The predicted octanol–water partition coefficient (Wildman–Crippen LogP) is 1.97. The van der Waals surface area contributed by atoms with Gasteiger partial charge in [0.15, 0.2) is 0 Å². The average Bonchev–Trinajstić information content (AvgIpc) is 3.00. The first-order chi connectivity index (χ1) is 11.6. The maximum absolute atomic E-state index is 11.8. The van der Waals surface area contributed by atoms with Crippen LogP contribution in [0.4, 0.5) is 0 Å². The van der Waals surface area contributed by atoms with Gasteiger partial charge in [-0.1, -0.05) is 11.6 Å². The molecule has 2 aromatic rings. The Kier molecular flexibility index (Phi) is 7.17. The highest BCUT2D eigenvalue weighted by molar-refractivity contribution is 6.30. The number of rotatable bonds is 9. The van der Waals surface area contributed by atoms with Gasteiger partial charge < -0.3 is 14.5 Å². The number of hydrogen-bond acceptors (Lipinski definition) is 6. The van der Waals surface area contributed by atoms with E-state index in [1.807, 2.05) is 24.1 Å². The second kappa shape index (κ2) is 9.36. The molecule has 0 atom stereocenters. The monoisotopic (exact) mass is 352 g/mol. The lowest BCUT2D eigenvalue weighted by atomic mass is 10.2. The summed E-state index contributed by atoms with van der Waals surface area (Å²) < 4.78 is 10.6. The Morgan fingerprint density at radius 2 is 2.08 bits per heavy atom. The van der Waals surface area contributed by atoms with Crippen molar-refractivity contribution in [3.63, 3.8) is 0 Å². The quantitative estimate of drug-likeness (QED) is 0.695. The summed E-state index contributed by atoms with van der Waals surface area (Å²) in [5.74, 6) is 0.833. The number of benzene rings is 1. The van der Waals surface area contributed by atoms with Crippen molar-refractivity contribution in [1.29, 1.82) is 0 Å². The maximum atomic E-state index is 11.8. The van der Waals surface area contributed by atoms with Crippen LogP contribution in [-0.2, 0) is 16.1 Å². The number of carbonyl (C=O) groups excluding carboxylic acids is 1. The third kappa shape index (κ3) is 5.92. The fourth-order valence-corrected chi connectivity index (χ4v) is 2.18. The molecule has 8 heteroatoms. The average molecular weight is 353 g/mol. The Hall–Kier alpha value is -1.96. The molecule has 0 unspecified atom stereocenters. The van der Waals surface area contributed by atoms with Crippen LogP contribution in [0.5, 0.6) is 0 Å². The van der Waals surface area contributed by atoms with Crippen molar-refractivity contribution in [1.82, 2.24) is 20.4 Å². The summed E-state index contributed by atoms with van der Waals surface area (Å²) in [6.45, 7) is 1.88. The number of halogens is 1. The van der Waals surface area contributed by atoms with Crippen molar-refractivity contribution >= 4 is 17.5 Å². The highest BCUT2D eigenvalue weighted by Gasteiger charge is 2.12. The summed E-state index contributed by atoms with van der Waals surface area (Å²) in [5.41, 5.74) is 0.802. The Bertz CT molecular complexity index is 645. The van der Waals surface area contributed by atoms with Gasteiger partial charge in [0.25, 0.3) is 0 Å². The van der Waals surface area contributed by atoms with Crippen LogP contribution in [0.25, 0.3) is 11.5 Å². The number of hydrogen-bond donors (Lipinski definition) is 1. The minimum Gasteiger partial charge on any atom is -0.419 e. The van der Waals surface area contributed by atoms with Crippen molar-refractivity contribution in [3.05, 3.63) is 35.2 Å². The van der Waals surface area contributed by atoms with Gasteiger partial charge in [0.2, 0.25) is 17.7 Å². The van der Waals surface area contributed by atoms with Crippen LogP contribution >= 0.6 is 11.6 Å². The molecule has 1 aromatic heterocycles. The van der Waals surface area contributed by atoms with Gasteiger partial charge in [0.1, 0.15) is 0 Å². The summed E-state index contributed by atoms with van der Waals surface area (Å²) in [7, 11) is 3.46. The van der Waals surface area contributed by atoms with Crippen LogP contribution in [0, 0.1) is 0 Å². The van der Waals surface area contributed by atoms with Crippen LogP contribution in [0.2, 0.25) is 5.02 Å². The lowest BCUT2D eigenvalue weighted by Gasteiger charge is -2.13. The van der Waals surface area contributed by atoms with E-state index in [4.69, 9.17) is 20.8 Å². The van der Waals surface area contributed by atoms with E-state index in [2.05, 4.69) is 15.5 Å². The van der Waals surface area contributed by atoms with Crippen LogP contribution in [0.1, 0.15) is 12.3 Å². The van der Waals surface area contributed by atoms with Crippen molar-refractivity contribution in [2.75, 3.05) is 33.9 Å². The van der Waals surface area contributed by atoms with E-state index in [0.29, 0.717) is 36.5 Å². The zero-order chi connectivity index (χ0) is 17.4. The minimum absolute atomic E-state index is 0.0500. The van der Waals surface area contributed by atoms with Gasteiger partial charge in [0.05, 0.1) is 13.1 Å². The predicted molar refractivity (Wildman–Crippen MR) is 90.6 cm³/mol. The van der Waals surface area contributed by atoms with E-state index in [1.165, 1.54) is 0 Å². The molecule has 0 aliphatic heterocycles. The molecule has 1 amide bonds. The highest BCUT2D eigenvalue weighted by Crippen LogP contribution is 2.20. The lowest BCUT2D eigenvalue weighted by Crippen LogP contribution is -2.35. The zero-order valence-electron chi connectivity index (χ0n) is 13.8. The molecule has 2 rings (SSSR count). The SMILES string of the molecule is COCCCNC(=O)CN(C)Cc1nnc(-c2ccc(Cl)cc2)o1. The molecule has 0 saturated carbocycles. The molecular formula is C16H21ClN4O3. The summed E-state index contributed by atoms with van der Waals surface area (Å²) in [5, 5.41) is 11.5. The Balaban J connectivity index is 1.81. The normalized spacial score (nSPS) is 11.0. The van der Waals surface area contributed by atoms with Gasteiger partial charge in [-0.15, -0.1) is 10.2 Å². The first kappa shape index (κ1) is 18.4. The first-order valence-corrected chi connectivity index (χ1v) is 7.99. The van der Waals surface area contributed by atoms with Crippen LogP contribution < -0.4 is 5.32 Å². The van der Waals surface area contributed by atoms with Gasteiger partial charge in [-0.05, 0) is 37.7 Å². The van der Waals surface area contributed by atoms with Crippen molar-refractivity contribution < 1.29 is 13.9 Å². The van der Waals surface area contributed by atoms with Gasteiger partial charge >= 0.3 is 0 Å². The number of nitrogens with zero attached hydrogens (tertiary/aromatic N) is 3. The van der Waals surface area contributed by atoms with Crippen molar-refractivity contribution in [2.45, 2.75) is 13.0 Å². The molecular weight excluding hydrogens is 332 g/mol. The number of nitrogens with one attached hydrogen (secondary N) is 1. The molecule has 1 aromatic carbocycles. The minimum atomic E-state index is -0.0500. The zero-order valence-corrected chi connectivity index (χ0v) is 14.5. The van der Waals surface area contributed by atoms with E-state index in [-0.39, 0.29) is 12.5 Å². The molecule has 0 fully saturated rings. The summed E-state index contributed by atoms with van der Waals surface area (Å²) in [6.07, 6.45) is 0.792. The number of amides is 1. The molecule has 0 bridgehead atoms. The van der Waals surface area contributed by atoms with Crippen LogP contribution in [0.3, 0.4) is 0 Å². The summed E-state index contributed by atoms with van der Waals surface area (Å²) in [6, 6.07) is 7.16. The van der Waals surface area contributed by atoms with Gasteiger partial charge in [-0.25, -0.2) is 0 Å². The van der Waals surface area contributed by atoms with Gasteiger partial charge in [-0.2, -0.15) is 0 Å². The fraction of sp³-hybridized carbons (Fsp3) is 0.438. The second-order valence-electron chi connectivity index (χ2n) is 5.38. The lowest BCUT2D eigenvalue weighted by molar-refractivity contribution is -0.122. The third-order valence-electron chi connectivity index (χ3n) is 3.22. The molecule has 0 saturated heterocycles. The molecule has 24 heavy (non-hydrogen) atoms. The first-order valence-electron chi connectivity index (χ1n) is 7.61. The van der Waals surface area contributed by atoms with Crippen LogP contribution in [0.15, 0.2) is 28.7 Å². The third-order valence-corrected chi connectivity index (χ3v) is 3.48. The molecule has 0 spiro atoms. The Morgan fingerprint density at radius 3 is 2.79 bits per heavy atom. The number of aromatic nitrogens is 2. The largest absolute Gasteiger partial charge is 0.419 e. The van der Waals surface area contributed by atoms with E-state index in [0.717, 1.165) is 12.0 Å². The molecule has 7 nitrogen and oxygen atoms in total. The van der Waals surface area contributed by atoms with Crippen LogP contribution in [-0.4, -0.2) is 54.9 Å². The molecule has 0 aliphatic carbocycles. The van der Waals surface area contributed by atoms with Crippen molar-refractivity contribution in [2.24, 2.45) is 0 Å². The molecule has 1 N–H and O–H groups in total. The van der Waals surface area contributed by atoms with Gasteiger partial charge in [-0.3, -0.25) is 9.69 Å². The van der Waals surface area contributed by atoms with E-state index < -0.39 is 0 Å². The van der Waals surface area contributed by atoms with E-state index >= 15 is 0 Å². The number of likely N-dealkylation sites (N-methyl/N-ethyl adjacent to an activating group) is 1. The van der Waals surface area contributed by atoms with Crippen molar-refractivity contribution in [3.8, 4) is 11.5 Å². The number of carbonyl (C=O) groups is 1. The number of methoxy groups -OCH3 is 1. The molecule has 130 valence electrons. The number of ether oxygens (including phenoxy) is 1. The van der Waals surface area contributed by atoms with E-state index in [9.17, 15) is 4.79 Å². The smallest absolute Gasteiger partial charge is 0.247 e. The highest BCUT2D eigenvalue weighted by atomic mass is 35.5. The molecule has 0 radical (unpaired) electrons. The topological polar surface area (TPSA) is 80.5 Å². The van der Waals surface area contributed by atoms with E-state index in [1.54, 1.807) is 19.2 Å². The molecule has 0 aliphatic rings. The Labute approximate surface area is 145 Å². The van der Waals surface area contributed by atoms with Gasteiger partial charge in [0, 0.05) is 30.8 Å². The Morgan fingerprint density at radius 1 is 1.33 bits per heavy atom. The maximum Gasteiger partial charge on any atom is 0.247 e. The standard InChI is InChI=1S/C16H21ClN4O3/c1-21(10-14(22)18-8-3-9-23-2)11-15-19-20-16(24-15)12-4-6-13(17)7-5-12/h4-7H,3,8-11H2,1-2H3,(H,18,22). The molecule has 1 heterocycles. The second-order valence-corrected chi connectivity index (χ2v) is 5.81. The fourth-order valence-electron chi connectivity index (χ4n) is 2.06.